The SMILES string of the molecule is O=C1Nc2ccccc2C1(O)C(F)F. The van der Waals surface area contributed by atoms with Crippen molar-refractivity contribution in [2.45, 2.75) is 12.0 Å². The molecule has 1 aromatic rings. The van der Waals surface area contributed by atoms with Gasteiger partial charge in [0.05, 0.1) is 0 Å². The lowest BCUT2D eigenvalue weighted by molar-refractivity contribution is -0.152. The average molecular weight is 199 g/mol. The van der Waals surface area contributed by atoms with Gasteiger partial charge in [0.1, 0.15) is 0 Å². The molecular weight excluding hydrogens is 192 g/mol. The molecule has 5 heteroatoms. The third-order valence-corrected chi connectivity index (χ3v) is 2.25. The topological polar surface area (TPSA) is 49.3 Å². The van der Waals surface area contributed by atoms with Gasteiger partial charge in [0.25, 0.3) is 12.3 Å². The van der Waals surface area contributed by atoms with Crippen molar-refractivity contribution in [3.05, 3.63) is 29.8 Å². The monoisotopic (exact) mass is 199 g/mol. The van der Waals surface area contributed by atoms with E-state index in [0.29, 0.717) is 0 Å². The second-order valence-electron chi connectivity index (χ2n) is 3.07. The Balaban J connectivity index is 2.60. The first-order valence-electron chi connectivity index (χ1n) is 3.98. The predicted octanol–water partition coefficient (Wildman–Crippen LogP) is 1.09. The highest BCUT2D eigenvalue weighted by Gasteiger charge is 2.52. The minimum atomic E-state index is -3.13. The minimum absolute atomic E-state index is 0.0694. The molecule has 1 aromatic carbocycles. The Morgan fingerprint density at radius 1 is 1.36 bits per heavy atom. The third-order valence-electron chi connectivity index (χ3n) is 2.25. The van der Waals surface area contributed by atoms with Gasteiger partial charge in [0.15, 0.2) is 0 Å². The predicted molar refractivity (Wildman–Crippen MR) is 45.0 cm³/mol. The highest BCUT2D eigenvalue weighted by Crippen LogP contribution is 2.39. The van der Waals surface area contributed by atoms with Crippen LogP contribution in [0.15, 0.2) is 24.3 Å². The van der Waals surface area contributed by atoms with Gasteiger partial charge in [-0.15, -0.1) is 0 Å². The van der Waals surface area contributed by atoms with Crippen molar-refractivity contribution in [2.75, 3.05) is 5.32 Å². The van der Waals surface area contributed by atoms with Crippen LogP contribution in [0, 0.1) is 0 Å². The number of aliphatic hydroxyl groups is 1. The molecule has 1 atom stereocenters. The van der Waals surface area contributed by atoms with Crippen molar-refractivity contribution >= 4 is 11.6 Å². The lowest BCUT2D eigenvalue weighted by Crippen LogP contribution is -2.41. The summed E-state index contributed by atoms with van der Waals surface area (Å²) in [5.74, 6) is -1.08. The second-order valence-corrected chi connectivity index (χ2v) is 3.07. The van der Waals surface area contributed by atoms with Crippen molar-refractivity contribution in [3.8, 4) is 0 Å². The Morgan fingerprint density at radius 3 is 2.64 bits per heavy atom. The molecule has 0 spiro atoms. The zero-order chi connectivity index (χ0) is 10.3. The molecule has 2 rings (SSSR count). The molecule has 1 unspecified atom stereocenters. The molecule has 1 heterocycles. The summed E-state index contributed by atoms with van der Waals surface area (Å²) in [6.07, 6.45) is -3.13. The first-order chi connectivity index (χ1) is 6.56. The van der Waals surface area contributed by atoms with Gasteiger partial charge in [-0.25, -0.2) is 8.78 Å². The first kappa shape index (κ1) is 9.08. The number of carbonyl (C=O) groups is 1. The summed E-state index contributed by atoms with van der Waals surface area (Å²) in [5.41, 5.74) is -2.53. The van der Waals surface area contributed by atoms with Gasteiger partial charge in [-0.05, 0) is 6.07 Å². The van der Waals surface area contributed by atoms with E-state index in [9.17, 15) is 18.7 Å². The molecule has 1 amide bonds. The number of benzene rings is 1. The number of nitrogens with one attached hydrogen (secondary N) is 1. The second kappa shape index (κ2) is 2.75. The maximum atomic E-state index is 12.5. The van der Waals surface area contributed by atoms with Crippen LogP contribution in [-0.2, 0) is 10.4 Å². The lowest BCUT2D eigenvalue weighted by Gasteiger charge is -2.18. The Hall–Kier alpha value is -1.49. The van der Waals surface area contributed by atoms with Crippen LogP contribution in [0.25, 0.3) is 0 Å². The van der Waals surface area contributed by atoms with Gasteiger partial charge in [-0.1, -0.05) is 18.2 Å². The Morgan fingerprint density at radius 2 is 2.00 bits per heavy atom. The summed E-state index contributed by atoms with van der Waals surface area (Å²) >= 11 is 0. The fourth-order valence-corrected chi connectivity index (χ4v) is 1.48. The number of alkyl halides is 2. The van der Waals surface area contributed by atoms with Crippen LogP contribution >= 0.6 is 0 Å². The van der Waals surface area contributed by atoms with Gasteiger partial charge in [0, 0.05) is 11.3 Å². The van der Waals surface area contributed by atoms with Crippen LogP contribution in [0.3, 0.4) is 0 Å². The van der Waals surface area contributed by atoms with E-state index in [1.54, 1.807) is 6.07 Å². The van der Waals surface area contributed by atoms with E-state index < -0.39 is 17.9 Å². The van der Waals surface area contributed by atoms with Crippen molar-refractivity contribution < 1.29 is 18.7 Å². The highest BCUT2D eigenvalue weighted by atomic mass is 19.3. The summed E-state index contributed by atoms with van der Waals surface area (Å²) in [6, 6.07) is 5.86. The summed E-state index contributed by atoms with van der Waals surface area (Å²) in [4.78, 5) is 11.2. The zero-order valence-electron chi connectivity index (χ0n) is 7.00. The van der Waals surface area contributed by atoms with Gasteiger partial charge in [0.2, 0.25) is 5.60 Å². The number of fused-ring (bicyclic) bond motifs is 1. The molecule has 0 radical (unpaired) electrons. The van der Waals surface area contributed by atoms with Gasteiger partial charge in [-0.3, -0.25) is 4.79 Å². The van der Waals surface area contributed by atoms with E-state index in [2.05, 4.69) is 5.32 Å². The van der Waals surface area contributed by atoms with Crippen molar-refractivity contribution in [3.63, 3.8) is 0 Å². The largest absolute Gasteiger partial charge is 0.371 e. The number of para-hydroxylation sites is 1. The van der Waals surface area contributed by atoms with E-state index in [-0.39, 0.29) is 11.3 Å². The van der Waals surface area contributed by atoms with Crippen LogP contribution in [-0.4, -0.2) is 17.4 Å². The lowest BCUT2D eigenvalue weighted by atomic mass is 9.96. The number of carbonyl (C=O) groups excluding carboxylic acids is 1. The number of hydrogen-bond acceptors (Lipinski definition) is 2. The molecule has 0 aliphatic carbocycles. The van der Waals surface area contributed by atoms with Crippen molar-refractivity contribution in [2.24, 2.45) is 0 Å². The number of amides is 1. The van der Waals surface area contributed by atoms with Crippen LogP contribution in [0.5, 0.6) is 0 Å². The molecule has 1 aliphatic rings. The smallest absolute Gasteiger partial charge is 0.280 e. The molecule has 2 N–H and O–H groups in total. The normalized spacial score (nSPS) is 25.0. The van der Waals surface area contributed by atoms with Crippen LogP contribution in [0.1, 0.15) is 5.56 Å². The average Bonchev–Trinajstić information content (AvgIpc) is 2.41. The molecule has 1 aliphatic heterocycles. The number of rotatable bonds is 1. The minimum Gasteiger partial charge on any atom is -0.371 e. The first-order valence-corrected chi connectivity index (χ1v) is 3.98. The summed E-state index contributed by atoms with van der Waals surface area (Å²) < 4.78 is 25.1. The number of halogens is 2. The quantitative estimate of drug-likeness (QED) is 0.711. The Bertz CT molecular complexity index is 394. The van der Waals surface area contributed by atoms with E-state index in [1.165, 1.54) is 18.2 Å². The maximum absolute atomic E-state index is 12.5. The maximum Gasteiger partial charge on any atom is 0.280 e. The summed E-state index contributed by atoms with van der Waals surface area (Å²) in [5, 5.41) is 11.7. The molecule has 14 heavy (non-hydrogen) atoms. The zero-order valence-corrected chi connectivity index (χ0v) is 7.00. The Kier molecular flexibility index (Phi) is 1.78. The molecule has 0 aromatic heterocycles. The standard InChI is InChI=1S/C9H7F2NO2/c10-7(11)9(14)5-3-1-2-4-6(5)12-8(9)13/h1-4,7,14H,(H,12,13). The van der Waals surface area contributed by atoms with E-state index in [1.807, 2.05) is 0 Å². The summed E-state index contributed by atoms with van der Waals surface area (Å²) in [7, 11) is 0. The Labute approximate surface area is 78.4 Å². The molecule has 0 bridgehead atoms. The number of hydrogen-bond donors (Lipinski definition) is 2. The van der Waals surface area contributed by atoms with Crippen LogP contribution in [0.4, 0.5) is 14.5 Å². The fraction of sp³-hybridized carbons (Fsp3) is 0.222. The molecule has 0 saturated heterocycles. The molecular formula is C9H7F2NO2. The molecule has 3 nitrogen and oxygen atoms in total. The van der Waals surface area contributed by atoms with Crippen molar-refractivity contribution in [1.82, 2.24) is 0 Å². The molecule has 0 fully saturated rings. The summed E-state index contributed by atoms with van der Waals surface area (Å²) in [6.45, 7) is 0. The van der Waals surface area contributed by atoms with Crippen LogP contribution < -0.4 is 5.32 Å². The van der Waals surface area contributed by atoms with Crippen LogP contribution in [0.2, 0.25) is 0 Å². The number of anilines is 1. The fourth-order valence-electron chi connectivity index (χ4n) is 1.48. The molecule has 0 saturated carbocycles. The van der Waals surface area contributed by atoms with Crippen molar-refractivity contribution in [1.29, 1.82) is 0 Å². The van der Waals surface area contributed by atoms with Gasteiger partial charge < -0.3 is 10.4 Å². The molecule has 74 valence electrons. The third kappa shape index (κ3) is 0.957. The van der Waals surface area contributed by atoms with E-state index in [4.69, 9.17) is 0 Å². The highest BCUT2D eigenvalue weighted by molar-refractivity contribution is 6.05. The van der Waals surface area contributed by atoms with E-state index in [0.717, 1.165) is 0 Å². The van der Waals surface area contributed by atoms with Gasteiger partial charge in [-0.2, -0.15) is 0 Å². The van der Waals surface area contributed by atoms with Gasteiger partial charge >= 0.3 is 0 Å². The van der Waals surface area contributed by atoms with E-state index >= 15 is 0 Å².